The van der Waals surface area contributed by atoms with Crippen molar-refractivity contribution in [1.82, 2.24) is 9.97 Å². The number of benzene rings is 2. The lowest BCUT2D eigenvalue weighted by Gasteiger charge is -2.05. The number of rotatable bonds is 9. The minimum atomic E-state index is -0.942. The first-order chi connectivity index (χ1) is 20.7. The van der Waals surface area contributed by atoms with Crippen molar-refractivity contribution >= 4 is 23.9 Å². The maximum Gasteiger partial charge on any atom is 0.345 e. The van der Waals surface area contributed by atoms with Crippen LogP contribution in [0.15, 0.2) is 123 Å². The van der Waals surface area contributed by atoms with Gasteiger partial charge in [0.25, 0.3) is 0 Å². The molecule has 0 saturated carbocycles. The number of carbonyl (C=O) groups is 4. The van der Waals surface area contributed by atoms with Crippen molar-refractivity contribution < 1.29 is 43.6 Å². The number of hydrogen-bond donors (Lipinski definition) is 2. The van der Waals surface area contributed by atoms with E-state index in [1.807, 2.05) is 0 Å². The number of phenolic OH excluding ortho intramolecular Hbond substituents is 1. The molecule has 0 radical (unpaired) electrons. The van der Waals surface area contributed by atoms with Gasteiger partial charge in [-0.05, 0) is 72.8 Å². The van der Waals surface area contributed by atoms with Crippen molar-refractivity contribution in [3.05, 3.63) is 145 Å². The SMILES string of the molecule is C=CCOC(=O)c1ccc(O)cc1.C=CCOC(=O)c1ccc(OC(=O)c2cccnc2)cc1.O=C(O)c1cccnc1. The second-order valence-electron chi connectivity index (χ2n) is 8.02. The van der Waals surface area contributed by atoms with Crippen molar-refractivity contribution in [3.63, 3.8) is 0 Å². The number of esters is 3. The largest absolute Gasteiger partial charge is 0.508 e. The summed E-state index contributed by atoms with van der Waals surface area (Å²) in [7, 11) is 0. The topological polar surface area (TPSA) is 162 Å². The quantitative estimate of drug-likeness (QED) is 0.152. The predicted octanol–water partition coefficient (Wildman–Crippen LogP) is 5.16. The molecule has 2 aromatic heterocycles. The Hall–Kier alpha value is -6.10. The third-order valence-electron chi connectivity index (χ3n) is 4.87. The number of hydrogen-bond acceptors (Lipinski definition) is 10. The van der Waals surface area contributed by atoms with Gasteiger partial charge < -0.3 is 24.4 Å². The number of carboxylic acid groups (broad SMARTS) is 1. The molecule has 2 N–H and O–H groups in total. The highest BCUT2D eigenvalue weighted by Crippen LogP contribution is 2.15. The Morgan fingerprint density at radius 3 is 1.51 bits per heavy atom. The van der Waals surface area contributed by atoms with E-state index in [0.29, 0.717) is 22.4 Å². The molecule has 0 aliphatic rings. The highest BCUT2D eigenvalue weighted by Gasteiger charge is 2.10. The van der Waals surface area contributed by atoms with E-state index in [9.17, 15) is 19.2 Å². The summed E-state index contributed by atoms with van der Waals surface area (Å²) in [5.41, 5.74) is 1.36. The van der Waals surface area contributed by atoms with Gasteiger partial charge in [-0.3, -0.25) is 9.97 Å². The molecule has 0 amide bonds. The smallest absolute Gasteiger partial charge is 0.345 e. The fourth-order valence-electron chi connectivity index (χ4n) is 2.83. The zero-order valence-electron chi connectivity index (χ0n) is 22.9. The van der Waals surface area contributed by atoms with E-state index in [1.54, 1.807) is 24.4 Å². The summed E-state index contributed by atoms with van der Waals surface area (Å²) in [6.07, 6.45) is 8.82. The Bertz CT molecular complexity index is 1490. The van der Waals surface area contributed by atoms with Crippen LogP contribution in [0.4, 0.5) is 0 Å². The minimum Gasteiger partial charge on any atom is -0.508 e. The zero-order chi connectivity index (χ0) is 31.5. The number of nitrogens with zero attached hydrogens (tertiary/aromatic N) is 2. The van der Waals surface area contributed by atoms with Crippen LogP contribution in [0, 0.1) is 0 Å². The molecule has 11 nitrogen and oxygen atoms in total. The molecule has 4 aromatic rings. The number of phenols is 1. The standard InChI is InChI=1S/C16H13NO4.C10H10O3.C6H5NO2/c1-2-10-20-15(18)12-5-7-14(8-6-12)21-16(19)13-4-3-9-17-11-13;1-2-7-13-10(12)8-3-5-9(11)6-4-8;8-6(9)5-2-1-3-7-4-5/h2-9,11H,1,10H2;2-6,11H,1,7H2;1-4H,(H,8,9). The lowest BCUT2D eigenvalue weighted by Crippen LogP contribution is -2.09. The Labute approximate surface area is 247 Å². The summed E-state index contributed by atoms with van der Waals surface area (Å²) < 4.78 is 14.8. The van der Waals surface area contributed by atoms with E-state index in [-0.39, 0.29) is 24.5 Å². The molecule has 0 aliphatic heterocycles. The number of aromatic nitrogens is 2. The molecule has 43 heavy (non-hydrogen) atoms. The summed E-state index contributed by atoms with van der Waals surface area (Å²) in [5, 5.41) is 17.3. The highest BCUT2D eigenvalue weighted by atomic mass is 16.5. The molecular weight excluding hydrogens is 556 g/mol. The zero-order valence-corrected chi connectivity index (χ0v) is 22.9. The van der Waals surface area contributed by atoms with Crippen molar-refractivity contribution in [2.24, 2.45) is 0 Å². The molecule has 0 aliphatic carbocycles. The summed E-state index contributed by atoms with van der Waals surface area (Å²) in [5.74, 6) is -1.86. The summed E-state index contributed by atoms with van der Waals surface area (Å²) >= 11 is 0. The minimum absolute atomic E-state index is 0.125. The fraction of sp³-hybridized carbons (Fsp3) is 0.0625. The number of carbonyl (C=O) groups excluding carboxylic acids is 3. The van der Waals surface area contributed by atoms with Crippen LogP contribution in [0.2, 0.25) is 0 Å². The van der Waals surface area contributed by atoms with Crippen LogP contribution in [0.3, 0.4) is 0 Å². The van der Waals surface area contributed by atoms with Gasteiger partial charge in [-0.1, -0.05) is 25.3 Å². The van der Waals surface area contributed by atoms with Gasteiger partial charge in [0.05, 0.1) is 22.3 Å². The molecular formula is C32H28N2O9. The predicted molar refractivity (Wildman–Crippen MR) is 156 cm³/mol. The third-order valence-corrected chi connectivity index (χ3v) is 4.87. The number of aromatic carboxylic acids is 1. The van der Waals surface area contributed by atoms with Gasteiger partial charge in [0.15, 0.2) is 0 Å². The molecule has 0 fully saturated rings. The summed E-state index contributed by atoms with van der Waals surface area (Å²) in [6, 6.07) is 18.3. The fourth-order valence-corrected chi connectivity index (χ4v) is 2.83. The first kappa shape index (κ1) is 33.1. The van der Waals surface area contributed by atoms with Crippen molar-refractivity contribution in [2.45, 2.75) is 0 Å². The van der Waals surface area contributed by atoms with E-state index in [1.165, 1.54) is 85.3 Å². The highest BCUT2D eigenvalue weighted by molar-refractivity contribution is 5.92. The maximum atomic E-state index is 11.8. The molecule has 0 bridgehead atoms. The van der Waals surface area contributed by atoms with Crippen LogP contribution in [-0.2, 0) is 9.47 Å². The van der Waals surface area contributed by atoms with Crippen LogP contribution in [0.25, 0.3) is 0 Å². The van der Waals surface area contributed by atoms with Crippen LogP contribution in [0.1, 0.15) is 41.4 Å². The first-order valence-corrected chi connectivity index (χ1v) is 12.5. The van der Waals surface area contributed by atoms with E-state index < -0.39 is 23.9 Å². The van der Waals surface area contributed by atoms with Gasteiger partial charge in [0, 0.05) is 24.8 Å². The number of pyridine rings is 2. The van der Waals surface area contributed by atoms with Gasteiger partial charge >= 0.3 is 23.9 Å². The third kappa shape index (κ3) is 12.3. The van der Waals surface area contributed by atoms with Gasteiger partial charge in [0.1, 0.15) is 24.7 Å². The van der Waals surface area contributed by atoms with Gasteiger partial charge in [-0.15, -0.1) is 0 Å². The molecule has 0 unspecified atom stereocenters. The van der Waals surface area contributed by atoms with E-state index in [0.717, 1.165) is 0 Å². The monoisotopic (exact) mass is 584 g/mol. The van der Waals surface area contributed by atoms with Gasteiger partial charge in [-0.25, -0.2) is 19.2 Å². The maximum absolute atomic E-state index is 11.8. The number of aromatic hydroxyl groups is 1. The molecule has 11 heteroatoms. The molecule has 0 spiro atoms. The summed E-state index contributed by atoms with van der Waals surface area (Å²) in [4.78, 5) is 52.2. The number of ether oxygens (including phenoxy) is 3. The number of carboxylic acids is 1. The Kier molecular flexibility index (Phi) is 14.1. The van der Waals surface area contributed by atoms with Gasteiger partial charge in [-0.2, -0.15) is 0 Å². The summed E-state index contributed by atoms with van der Waals surface area (Å²) in [6.45, 7) is 7.23. The first-order valence-electron chi connectivity index (χ1n) is 12.5. The van der Waals surface area contributed by atoms with Crippen molar-refractivity contribution in [2.75, 3.05) is 13.2 Å². The average Bonchev–Trinajstić information content (AvgIpc) is 3.04. The van der Waals surface area contributed by atoms with Gasteiger partial charge in [0.2, 0.25) is 0 Å². The lowest BCUT2D eigenvalue weighted by molar-refractivity contribution is 0.0540. The van der Waals surface area contributed by atoms with E-state index >= 15 is 0 Å². The lowest BCUT2D eigenvalue weighted by atomic mass is 10.2. The molecule has 220 valence electrons. The molecule has 0 saturated heterocycles. The van der Waals surface area contributed by atoms with Crippen LogP contribution in [-0.4, -0.2) is 57.3 Å². The van der Waals surface area contributed by atoms with E-state index in [4.69, 9.17) is 24.4 Å². The average molecular weight is 585 g/mol. The van der Waals surface area contributed by atoms with Crippen molar-refractivity contribution in [1.29, 1.82) is 0 Å². The molecule has 2 aromatic carbocycles. The van der Waals surface area contributed by atoms with Crippen LogP contribution >= 0.6 is 0 Å². The second-order valence-corrected chi connectivity index (χ2v) is 8.02. The van der Waals surface area contributed by atoms with E-state index in [2.05, 4.69) is 23.1 Å². The molecule has 0 atom stereocenters. The normalized spacial score (nSPS) is 9.40. The second kappa shape index (κ2) is 18.3. The molecule has 2 heterocycles. The van der Waals surface area contributed by atoms with Crippen molar-refractivity contribution in [3.8, 4) is 11.5 Å². The Morgan fingerprint density at radius 2 is 1.12 bits per heavy atom. The molecule has 4 rings (SSSR count). The van der Waals surface area contributed by atoms with Crippen LogP contribution < -0.4 is 4.74 Å². The van der Waals surface area contributed by atoms with Crippen LogP contribution in [0.5, 0.6) is 11.5 Å². The Morgan fingerprint density at radius 1 is 0.651 bits per heavy atom. The Balaban J connectivity index is 0.000000249.